The topological polar surface area (TPSA) is 52.9 Å². The first-order valence-corrected chi connectivity index (χ1v) is 4.94. The molecule has 2 atom stereocenters. The number of aliphatic hydroxyl groups is 2. The van der Waals surface area contributed by atoms with Gasteiger partial charge in [-0.05, 0) is 12.8 Å². The minimum atomic E-state index is -0.0907. The van der Waals surface area contributed by atoms with E-state index in [-0.39, 0.29) is 19.3 Å². The van der Waals surface area contributed by atoms with Gasteiger partial charge in [-0.3, -0.25) is 4.90 Å². The number of aliphatic hydroxyl groups excluding tert-OH is 2. The fourth-order valence-electron chi connectivity index (χ4n) is 2.23. The van der Waals surface area contributed by atoms with Crippen molar-refractivity contribution in [3.05, 3.63) is 0 Å². The van der Waals surface area contributed by atoms with Crippen molar-refractivity contribution in [2.24, 2.45) is 0 Å². The van der Waals surface area contributed by atoms with Crippen LogP contribution in [0.2, 0.25) is 0 Å². The maximum Gasteiger partial charge on any atom is 0.0707 e. The summed E-state index contributed by atoms with van der Waals surface area (Å²) in [5.41, 5.74) is 0. The van der Waals surface area contributed by atoms with Crippen molar-refractivity contribution in [1.29, 1.82) is 0 Å². The van der Waals surface area contributed by atoms with Crippen molar-refractivity contribution in [2.45, 2.75) is 31.1 Å². The third kappa shape index (κ3) is 1.86. The Morgan fingerprint density at radius 1 is 1.15 bits per heavy atom. The van der Waals surface area contributed by atoms with Gasteiger partial charge in [-0.2, -0.15) is 0 Å². The molecular weight excluding hydrogens is 170 g/mol. The van der Waals surface area contributed by atoms with Crippen LogP contribution in [0.15, 0.2) is 0 Å². The lowest BCUT2D eigenvalue weighted by atomic mass is 10.2. The Labute approximate surface area is 78.1 Å². The molecule has 2 rings (SSSR count). The average molecular weight is 187 g/mol. The van der Waals surface area contributed by atoms with Crippen molar-refractivity contribution in [3.8, 4) is 0 Å². The molecule has 13 heavy (non-hydrogen) atoms. The minimum Gasteiger partial charge on any atom is -0.395 e. The number of hydrogen-bond acceptors (Lipinski definition) is 4. The summed E-state index contributed by atoms with van der Waals surface area (Å²) in [6.07, 6.45) is 2.92. The second kappa shape index (κ2) is 3.92. The highest BCUT2D eigenvalue weighted by Gasteiger charge is 2.35. The Hall–Kier alpha value is -0.160. The molecule has 76 valence electrons. The lowest BCUT2D eigenvalue weighted by Crippen LogP contribution is -2.50. The number of nitrogens with zero attached hydrogens (tertiary/aromatic N) is 1. The molecule has 0 radical (unpaired) electrons. The molecule has 2 bridgehead atoms. The molecule has 0 aromatic heterocycles. The summed E-state index contributed by atoms with van der Waals surface area (Å²) in [7, 11) is 0. The van der Waals surface area contributed by atoms with Crippen molar-refractivity contribution < 1.29 is 14.9 Å². The third-order valence-electron chi connectivity index (χ3n) is 3.01. The van der Waals surface area contributed by atoms with Gasteiger partial charge in [-0.25, -0.2) is 0 Å². The molecule has 0 aromatic carbocycles. The zero-order chi connectivity index (χ0) is 9.26. The number of fused-ring (bicyclic) bond motifs is 2. The molecule has 2 aliphatic rings. The van der Waals surface area contributed by atoms with Gasteiger partial charge < -0.3 is 14.9 Å². The van der Waals surface area contributed by atoms with Gasteiger partial charge in [0.15, 0.2) is 0 Å². The summed E-state index contributed by atoms with van der Waals surface area (Å²) in [4.78, 5) is 2.14. The first-order chi connectivity index (χ1) is 6.33. The van der Waals surface area contributed by atoms with Gasteiger partial charge in [0.2, 0.25) is 0 Å². The Morgan fingerprint density at radius 2 is 1.69 bits per heavy atom. The molecule has 0 amide bonds. The van der Waals surface area contributed by atoms with Crippen molar-refractivity contribution >= 4 is 0 Å². The van der Waals surface area contributed by atoms with Gasteiger partial charge in [0, 0.05) is 13.1 Å². The Bertz CT molecular complexity index is 160. The fourth-order valence-corrected chi connectivity index (χ4v) is 2.23. The lowest BCUT2D eigenvalue weighted by Gasteiger charge is -2.36. The monoisotopic (exact) mass is 187 g/mol. The van der Waals surface area contributed by atoms with Crippen LogP contribution in [0.3, 0.4) is 0 Å². The highest BCUT2D eigenvalue weighted by atomic mass is 16.5. The van der Waals surface area contributed by atoms with Crippen LogP contribution in [0.25, 0.3) is 0 Å². The molecule has 2 heterocycles. The van der Waals surface area contributed by atoms with E-state index >= 15 is 0 Å². The summed E-state index contributed by atoms with van der Waals surface area (Å²) in [6.45, 7) is 1.80. The second-order valence-corrected chi connectivity index (χ2v) is 3.93. The van der Waals surface area contributed by atoms with Crippen molar-refractivity contribution in [1.82, 2.24) is 4.90 Å². The van der Waals surface area contributed by atoms with Crippen LogP contribution in [-0.4, -0.2) is 59.7 Å². The standard InChI is InChI=1S/C9H17NO3/c11-5-7(6-12)10-3-8-1-2-9(4-10)13-8/h7-9,11-12H,1-6H2. The maximum absolute atomic E-state index is 9.03. The second-order valence-electron chi connectivity index (χ2n) is 3.93. The van der Waals surface area contributed by atoms with Gasteiger partial charge in [-0.1, -0.05) is 0 Å². The van der Waals surface area contributed by atoms with Crippen molar-refractivity contribution in [2.75, 3.05) is 26.3 Å². The van der Waals surface area contributed by atoms with Crippen LogP contribution < -0.4 is 0 Å². The number of hydrogen-bond donors (Lipinski definition) is 2. The van der Waals surface area contributed by atoms with Gasteiger partial charge in [0.1, 0.15) is 0 Å². The van der Waals surface area contributed by atoms with E-state index in [0.717, 1.165) is 25.9 Å². The smallest absolute Gasteiger partial charge is 0.0707 e. The normalized spacial score (nSPS) is 34.4. The Morgan fingerprint density at radius 3 is 2.15 bits per heavy atom. The third-order valence-corrected chi connectivity index (χ3v) is 3.01. The molecule has 0 aliphatic carbocycles. The molecule has 0 spiro atoms. The first-order valence-electron chi connectivity index (χ1n) is 4.94. The van der Waals surface area contributed by atoms with E-state index in [1.807, 2.05) is 0 Å². The van der Waals surface area contributed by atoms with Gasteiger partial charge in [0.25, 0.3) is 0 Å². The molecular formula is C9H17NO3. The van der Waals surface area contributed by atoms with Crippen LogP contribution in [0.1, 0.15) is 12.8 Å². The average Bonchev–Trinajstić information content (AvgIpc) is 2.48. The van der Waals surface area contributed by atoms with Crippen LogP contribution >= 0.6 is 0 Å². The molecule has 2 aliphatic heterocycles. The molecule has 2 fully saturated rings. The molecule has 0 saturated carbocycles. The van der Waals surface area contributed by atoms with Crippen molar-refractivity contribution in [3.63, 3.8) is 0 Å². The van der Waals surface area contributed by atoms with E-state index in [9.17, 15) is 0 Å². The summed E-state index contributed by atoms with van der Waals surface area (Å²) < 4.78 is 5.66. The molecule has 2 unspecified atom stereocenters. The van der Waals surface area contributed by atoms with Gasteiger partial charge in [0.05, 0.1) is 31.5 Å². The highest BCUT2D eigenvalue weighted by molar-refractivity contribution is 4.87. The number of likely N-dealkylation sites (tertiary alicyclic amines) is 1. The van der Waals surface area contributed by atoms with E-state index in [4.69, 9.17) is 14.9 Å². The van der Waals surface area contributed by atoms with Crippen LogP contribution in [0, 0.1) is 0 Å². The molecule has 2 saturated heterocycles. The lowest BCUT2D eigenvalue weighted by molar-refractivity contribution is -0.0672. The summed E-state index contributed by atoms with van der Waals surface area (Å²) >= 11 is 0. The Kier molecular flexibility index (Phi) is 2.83. The van der Waals surface area contributed by atoms with E-state index in [2.05, 4.69) is 4.90 Å². The quantitative estimate of drug-likeness (QED) is 0.607. The predicted octanol–water partition coefficient (Wildman–Crippen LogP) is -0.797. The van der Waals surface area contributed by atoms with Crippen LogP contribution in [0.5, 0.6) is 0 Å². The first kappa shape index (κ1) is 9.40. The van der Waals surface area contributed by atoms with Gasteiger partial charge in [-0.15, -0.1) is 0 Å². The van der Waals surface area contributed by atoms with E-state index in [1.165, 1.54) is 0 Å². The number of ether oxygens (including phenoxy) is 1. The molecule has 4 heteroatoms. The van der Waals surface area contributed by atoms with Gasteiger partial charge >= 0.3 is 0 Å². The molecule has 2 N–H and O–H groups in total. The summed E-state index contributed by atoms with van der Waals surface area (Å²) in [5.74, 6) is 0. The molecule has 4 nitrogen and oxygen atoms in total. The van der Waals surface area contributed by atoms with E-state index in [0.29, 0.717) is 12.2 Å². The largest absolute Gasteiger partial charge is 0.395 e. The van der Waals surface area contributed by atoms with Crippen LogP contribution in [-0.2, 0) is 4.74 Å². The zero-order valence-corrected chi connectivity index (χ0v) is 7.72. The number of morpholine rings is 1. The minimum absolute atomic E-state index is 0.0376. The SMILES string of the molecule is OCC(CO)N1CC2CCC(C1)O2. The number of rotatable bonds is 3. The van der Waals surface area contributed by atoms with E-state index < -0.39 is 0 Å². The predicted molar refractivity (Wildman–Crippen MR) is 47.4 cm³/mol. The summed E-state index contributed by atoms with van der Waals surface area (Å²) in [6, 6.07) is -0.0907. The maximum atomic E-state index is 9.03. The van der Waals surface area contributed by atoms with Crippen LogP contribution in [0.4, 0.5) is 0 Å². The molecule has 0 aromatic rings. The van der Waals surface area contributed by atoms with E-state index in [1.54, 1.807) is 0 Å². The Balaban J connectivity index is 1.93. The fraction of sp³-hybridized carbons (Fsp3) is 1.00. The highest BCUT2D eigenvalue weighted by Crippen LogP contribution is 2.27. The summed E-state index contributed by atoms with van der Waals surface area (Å²) in [5, 5.41) is 18.1. The zero-order valence-electron chi connectivity index (χ0n) is 7.72.